The molecule has 2 rings (SSSR count). The van der Waals surface area contributed by atoms with Gasteiger partial charge in [0.2, 0.25) is 5.91 Å². The zero-order chi connectivity index (χ0) is 14.5. The first kappa shape index (κ1) is 16.1. The first-order chi connectivity index (χ1) is 9.63. The number of amides is 1. The molecular weight excluding hydrogens is 272 g/mol. The highest BCUT2D eigenvalue weighted by Gasteiger charge is 2.30. The highest BCUT2D eigenvalue weighted by atomic mass is 32.2. The van der Waals surface area contributed by atoms with Crippen LogP contribution < -0.4 is 0 Å². The van der Waals surface area contributed by atoms with Crippen molar-refractivity contribution in [2.45, 2.75) is 37.5 Å². The number of thioether (sulfide) groups is 1. The number of hydrogen-bond acceptors (Lipinski definition) is 4. The van der Waals surface area contributed by atoms with Gasteiger partial charge in [-0.05, 0) is 38.5 Å². The van der Waals surface area contributed by atoms with Crippen LogP contribution in [0.2, 0.25) is 0 Å². The van der Waals surface area contributed by atoms with E-state index in [1.165, 1.54) is 19.4 Å². The van der Waals surface area contributed by atoms with Gasteiger partial charge in [-0.25, -0.2) is 0 Å². The second-order valence-electron chi connectivity index (χ2n) is 6.07. The summed E-state index contributed by atoms with van der Waals surface area (Å²) in [6.07, 6.45) is 5.87. The minimum absolute atomic E-state index is 0.109. The molecule has 1 amide bonds. The van der Waals surface area contributed by atoms with Crippen LogP contribution in [0, 0.1) is 5.92 Å². The molecule has 1 saturated heterocycles. The lowest BCUT2D eigenvalue weighted by atomic mass is 10.2. The molecule has 5 heteroatoms. The van der Waals surface area contributed by atoms with Crippen LogP contribution in [0.3, 0.4) is 0 Å². The lowest BCUT2D eigenvalue weighted by Crippen LogP contribution is -2.51. The first-order valence-electron chi connectivity index (χ1n) is 7.75. The molecule has 0 N–H and O–H groups in total. The Kier molecular flexibility index (Phi) is 6.18. The van der Waals surface area contributed by atoms with Gasteiger partial charge in [-0.1, -0.05) is 6.92 Å². The molecule has 20 heavy (non-hydrogen) atoms. The molecule has 2 fully saturated rings. The van der Waals surface area contributed by atoms with Gasteiger partial charge in [0.15, 0.2) is 0 Å². The van der Waals surface area contributed by atoms with Crippen LogP contribution in [-0.2, 0) is 9.53 Å². The zero-order valence-corrected chi connectivity index (χ0v) is 13.8. The maximum absolute atomic E-state index is 12.4. The summed E-state index contributed by atoms with van der Waals surface area (Å²) in [6.45, 7) is 6.38. The Morgan fingerprint density at radius 1 is 1.45 bits per heavy atom. The minimum atomic E-state index is 0.109. The third kappa shape index (κ3) is 4.64. The Labute approximate surface area is 127 Å². The van der Waals surface area contributed by atoms with Gasteiger partial charge in [-0.3, -0.25) is 4.79 Å². The van der Waals surface area contributed by atoms with Gasteiger partial charge in [0.05, 0.1) is 18.0 Å². The fourth-order valence-electron chi connectivity index (χ4n) is 2.84. The van der Waals surface area contributed by atoms with Gasteiger partial charge in [0, 0.05) is 26.2 Å². The maximum atomic E-state index is 12.4. The van der Waals surface area contributed by atoms with Crippen LogP contribution in [0.5, 0.6) is 0 Å². The van der Waals surface area contributed by atoms with Crippen molar-refractivity contribution < 1.29 is 9.53 Å². The van der Waals surface area contributed by atoms with Gasteiger partial charge in [0.1, 0.15) is 0 Å². The van der Waals surface area contributed by atoms with Crippen LogP contribution in [0.15, 0.2) is 0 Å². The van der Waals surface area contributed by atoms with E-state index in [9.17, 15) is 4.79 Å². The standard InChI is InChI=1S/C15H28N2O2S/c1-4-14(20-3)15(18)17-7-8-19-13(11-17)10-16(2)9-12-5-6-12/h12-14H,4-11H2,1-3H3/t13-,14+/m1/s1. The second kappa shape index (κ2) is 7.66. The van der Waals surface area contributed by atoms with Crippen molar-refractivity contribution in [3.8, 4) is 0 Å². The van der Waals surface area contributed by atoms with Crippen LogP contribution in [0.1, 0.15) is 26.2 Å². The number of nitrogens with zero attached hydrogens (tertiary/aromatic N) is 2. The number of morpholine rings is 1. The summed E-state index contributed by atoms with van der Waals surface area (Å²) in [7, 11) is 2.17. The Morgan fingerprint density at radius 3 is 2.80 bits per heavy atom. The summed E-state index contributed by atoms with van der Waals surface area (Å²) in [5.41, 5.74) is 0. The molecule has 4 nitrogen and oxygen atoms in total. The van der Waals surface area contributed by atoms with Crippen molar-refractivity contribution in [2.75, 3.05) is 46.1 Å². The van der Waals surface area contributed by atoms with E-state index in [0.717, 1.165) is 32.0 Å². The quantitative estimate of drug-likeness (QED) is 0.716. The van der Waals surface area contributed by atoms with Crippen molar-refractivity contribution >= 4 is 17.7 Å². The van der Waals surface area contributed by atoms with Crippen LogP contribution in [0.4, 0.5) is 0 Å². The van der Waals surface area contributed by atoms with Crippen LogP contribution in [-0.4, -0.2) is 73.2 Å². The smallest absolute Gasteiger partial charge is 0.235 e. The molecular formula is C15H28N2O2S. The molecule has 1 aliphatic carbocycles. The average molecular weight is 300 g/mol. The number of carbonyl (C=O) groups excluding carboxylic acids is 1. The summed E-state index contributed by atoms with van der Waals surface area (Å²) in [5.74, 6) is 1.19. The Morgan fingerprint density at radius 2 is 2.20 bits per heavy atom. The fourth-order valence-corrected chi connectivity index (χ4v) is 3.52. The largest absolute Gasteiger partial charge is 0.373 e. The lowest BCUT2D eigenvalue weighted by molar-refractivity contribution is -0.138. The third-order valence-electron chi connectivity index (χ3n) is 4.16. The monoisotopic (exact) mass is 300 g/mol. The number of rotatable bonds is 7. The summed E-state index contributed by atoms with van der Waals surface area (Å²) in [6, 6.07) is 0. The van der Waals surface area contributed by atoms with E-state index in [1.807, 2.05) is 11.2 Å². The topological polar surface area (TPSA) is 32.8 Å². The third-order valence-corrected chi connectivity index (χ3v) is 5.27. The van der Waals surface area contributed by atoms with Gasteiger partial charge in [-0.2, -0.15) is 11.8 Å². The second-order valence-corrected chi connectivity index (χ2v) is 7.11. The highest BCUT2D eigenvalue weighted by Crippen LogP contribution is 2.29. The van der Waals surface area contributed by atoms with E-state index in [1.54, 1.807) is 11.8 Å². The molecule has 0 bridgehead atoms. The lowest BCUT2D eigenvalue weighted by Gasteiger charge is -2.36. The van der Waals surface area contributed by atoms with Gasteiger partial charge < -0.3 is 14.5 Å². The first-order valence-corrected chi connectivity index (χ1v) is 9.04. The summed E-state index contributed by atoms with van der Waals surface area (Å²) >= 11 is 1.66. The predicted octanol–water partition coefficient (Wildman–Crippen LogP) is 1.70. The Balaban J connectivity index is 1.79. The molecule has 1 saturated carbocycles. The van der Waals surface area contributed by atoms with Crippen molar-refractivity contribution in [1.82, 2.24) is 9.80 Å². The van der Waals surface area contributed by atoms with E-state index < -0.39 is 0 Å². The average Bonchev–Trinajstić information content (AvgIpc) is 3.24. The number of likely N-dealkylation sites (N-methyl/N-ethyl adjacent to an activating group) is 1. The van der Waals surface area contributed by atoms with Gasteiger partial charge in [0.25, 0.3) is 0 Å². The molecule has 2 atom stereocenters. The summed E-state index contributed by atoms with van der Waals surface area (Å²) < 4.78 is 5.84. The molecule has 0 spiro atoms. The molecule has 1 aliphatic heterocycles. The highest BCUT2D eigenvalue weighted by molar-refractivity contribution is 7.99. The molecule has 0 radical (unpaired) electrons. The van der Waals surface area contributed by atoms with E-state index in [4.69, 9.17) is 4.74 Å². The number of ether oxygens (including phenoxy) is 1. The van der Waals surface area contributed by atoms with Crippen LogP contribution in [0.25, 0.3) is 0 Å². The molecule has 116 valence electrons. The number of carbonyl (C=O) groups is 1. The van der Waals surface area contributed by atoms with Crippen molar-refractivity contribution in [3.05, 3.63) is 0 Å². The molecule has 0 unspecified atom stereocenters. The van der Waals surface area contributed by atoms with E-state index in [2.05, 4.69) is 18.9 Å². The Hall–Kier alpha value is -0.260. The van der Waals surface area contributed by atoms with E-state index in [0.29, 0.717) is 6.61 Å². The van der Waals surface area contributed by atoms with Gasteiger partial charge >= 0.3 is 0 Å². The van der Waals surface area contributed by atoms with Crippen molar-refractivity contribution in [2.24, 2.45) is 5.92 Å². The predicted molar refractivity (Wildman–Crippen MR) is 84.1 cm³/mol. The SMILES string of the molecule is CC[C@H](SC)C(=O)N1CCO[C@H](CN(C)CC2CC2)C1. The van der Waals surface area contributed by atoms with E-state index >= 15 is 0 Å². The molecule has 0 aromatic carbocycles. The molecule has 0 aromatic heterocycles. The fraction of sp³-hybridized carbons (Fsp3) is 0.933. The van der Waals surface area contributed by atoms with Crippen molar-refractivity contribution in [3.63, 3.8) is 0 Å². The molecule has 2 aliphatic rings. The normalized spacial score (nSPS) is 25.0. The number of hydrogen-bond donors (Lipinski definition) is 0. The summed E-state index contributed by atoms with van der Waals surface area (Å²) in [4.78, 5) is 16.8. The molecule has 0 aromatic rings. The molecule has 1 heterocycles. The van der Waals surface area contributed by atoms with Crippen LogP contribution >= 0.6 is 11.8 Å². The summed E-state index contributed by atoms with van der Waals surface area (Å²) in [5, 5.41) is 0.109. The maximum Gasteiger partial charge on any atom is 0.235 e. The zero-order valence-electron chi connectivity index (χ0n) is 13.0. The Bertz CT molecular complexity index is 319. The van der Waals surface area contributed by atoms with Crippen molar-refractivity contribution in [1.29, 1.82) is 0 Å². The van der Waals surface area contributed by atoms with E-state index in [-0.39, 0.29) is 17.3 Å². The minimum Gasteiger partial charge on any atom is -0.373 e. The van der Waals surface area contributed by atoms with Gasteiger partial charge in [-0.15, -0.1) is 0 Å².